The molecule has 0 saturated heterocycles. The molecule has 1 atom stereocenters. The van der Waals surface area contributed by atoms with Crippen LogP contribution in [0.15, 0.2) is 48.5 Å². The second-order valence-electron chi connectivity index (χ2n) is 7.72. The number of ketones is 1. The first kappa shape index (κ1) is 22.9. The number of ether oxygens (including phenoxy) is 1. The van der Waals surface area contributed by atoms with Crippen LogP contribution in [0.4, 0.5) is 5.69 Å². The fourth-order valence-corrected chi connectivity index (χ4v) is 3.43. The van der Waals surface area contributed by atoms with Crippen molar-refractivity contribution in [3.63, 3.8) is 0 Å². The molecule has 1 unspecified atom stereocenters. The molecule has 166 valence electrons. The molecule has 2 aromatic rings. The Morgan fingerprint density at radius 2 is 1.50 bits per heavy atom. The van der Waals surface area contributed by atoms with E-state index in [0.717, 1.165) is 4.90 Å². The van der Waals surface area contributed by atoms with Crippen LogP contribution < -0.4 is 5.32 Å². The predicted octanol–water partition coefficient (Wildman–Crippen LogP) is 3.08. The number of benzene rings is 2. The first-order valence-electron chi connectivity index (χ1n) is 10.3. The van der Waals surface area contributed by atoms with Crippen LogP contribution in [0.5, 0.6) is 0 Å². The van der Waals surface area contributed by atoms with E-state index in [2.05, 4.69) is 5.32 Å². The third-order valence-electron chi connectivity index (χ3n) is 5.13. The summed E-state index contributed by atoms with van der Waals surface area (Å²) in [5.41, 5.74) is 1.33. The monoisotopic (exact) mass is 436 g/mol. The van der Waals surface area contributed by atoms with Gasteiger partial charge in [0.2, 0.25) is 5.91 Å². The number of carbonyl (C=O) groups excluding carboxylic acids is 5. The lowest BCUT2D eigenvalue weighted by Gasteiger charge is -2.27. The maximum Gasteiger partial charge on any atom is 0.330 e. The Labute approximate surface area is 185 Å². The molecule has 0 radical (unpaired) electrons. The van der Waals surface area contributed by atoms with E-state index in [1.54, 1.807) is 45.0 Å². The molecule has 0 aliphatic carbocycles. The molecule has 8 heteroatoms. The highest BCUT2D eigenvalue weighted by atomic mass is 16.5. The standard InChI is InChI=1S/C24H24N2O6/c1-4-20(28)25-16-11-9-15(10-12-16)19(27)13-32-24(31)21(14(2)3)26-22(29)17-7-5-6-8-18(17)23(26)30/h5-12,14,21H,4,13H2,1-3H3,(H,25,28). The molecule has 0 saturated carbocycles. The van der Waals surface area contributed by atoms with E-state index in [4.69, 9.17) is 4.74 Å². The lowest BCUT2D eigenvalue weighted by Crippen LogP contribution is -2.49. The second kappa shape index (κ2) is 9.55. The van der Waals surface area contributed by atoms with Crippen LogP contribution in [0.3, 0.4) is 0 Å². The van der Waals surface area contributed by atoms with Crippen molar-refractivity contribution in [1.29, 1.82) is 0 Å². The second-order valence-corrected chi connectivity index (χ2v) is 7.72. The SMILES string of the molecule is CCC(=O)Nc1ccc(C(=O)COC(=O)C(C(C)C)N2C(=O)c3ccccc3C2=O)cc1. The molecular weight excluding hydrogens is 412 g/mol. The summed E-state index contributed by atoms with van der Waals surface area (Å²) >= 11 is 0. The van der Waals surface area contributed by atoms with Gasteiger partial charge in [0.05, 0.1) is 11.1 Å². The van der Waals surface area contributed by atoms with Crippen molar-refractivity contribution >= 4 is 35.2 Å². The quantitative estimate of drug-likeness (QED) is 0.387. The summed E-state index contributed by atoms with van der Waals surface area (Å²) in [6.45, 7) is 4.58. The van der Waals surface area contributed by atoms with Crippen molar-refractivity contribution in [2.45, 2.75) is 33.2 Å². The zero-order chi connectivity index (χ0) is 23.4. The van der Waals surface area contributed by atoms with Crippen LogP contribution in [0.1, 0.15) is 58.3 Å². The minimum absolute atomic E-state index is 0.147. The molecule has 32 heavy (non-hydrogen) atoms. The summed E-state index contributed by atoms with van der Waals surface area (Å²) in [4.78, 5) is 63.1. The third kappa shape index (κ3) is 4.59. The van der Waals surface area contributed by atoms with Crippen LogP contribution in [0.25, 0.3) is 0 Å². The molecule has 1 aliphatic heterocycles. The van der Waals surface area contributed by atoms with Gasteiger partial charge in [-0.05, 0) is 42.3 Å². The van der Waals surface area contributed by atoms with Crippen molar-refractivity contribution in [3.05, 3.63) is 65.2 Å². The van der Waals surface area contributed by atoms with Crippen molar-refractivity contribution < 1.29 is 28.7 Å². The summed E-state index contributed by atoms with van der Waals surface area (Å²) in [6.07, 6.45) is 0.334. The molecular formula is C24H24N2O6. The molecule has 2 aromatic carbocycles. The van der Waals surface area contributed by atoms with Crippen molar-refractivity contribution in [2.24, 2.45) is 5.92 Å². The number of imide groups is 1. The zero-order valence-corrected chi connectivity index (χ0v) is 18.1. The van der Waals surface area contributed by atoms with Gasteiger partial charge in [-0.2, -0.15) is 0 Å². The van der Waals surface area contributed by atoms with E-state index in [1.807, 2.05) is 0 Å². The maximum atomic E-state index is 12.8. The molecule has 3 rings (SSSR count). The van der Waals surface area contributed by atoms with E-state index in [0.29, 0.717) is 17.7 Å². The number of esters is 1. The van der Waals surface area contributed by atoms with Gasteiger partial charge < -0.3 is 10.1 Å². The third-order valence-corrected chi connectivity index (χ3v) is 5.13. The number of carbonyl (C=O) groups is 5. The van der Waals surface area contributed by atoms with Gasteiger partial charge in [0.25, 0.3) is 11.8 Å². The minimum atomic E-state index is -1.15. The molecule has 0 fully saturated rings. The Morgan fingerprint density at radius 1 is 0.938 bits per heavy atom. The number of amides is 3. The van der Waals surface area contributed by atoms with E-state index in [1.165, 1.54) is 24.3 Å². The van der Waals surface area contributed by atoms with E-state index in [-0.39, 0.29) is 17.0 Å². The fourth-order valence-electron chi connectivity index (χ4n) is 3.43. The van der Waals surface area contributed by atoms with Gasteiger partial charge in [0, 0.05) is 17.7 Å². The molecule has 1 heterocycles. The zero-order valence-electron chi connectivity index (χ0n) is 18.1. The largest absolute Gasteiger partial charge is 0.456 e. The molecule has 8 nitrogen and oxygen atoms in total. The Morgan fingerprint density at radius 3 is 2.00 bits per heavy atom. The molecule has 0 bridgehead atoms. The lowest BCUT2D eigenvalue weighted by molar-refractivity contribution is -0.148. The number of rotatable bonds is 8. The Hall–Kier alpha value is -3.81. The first-order chi connectivity index (χ1) is 15.2. The number of fused-ring (bicyclic) bond motifs is 1. The highest BCUT2D eigenvalue weighted by Crippen LogP contribution is 2.27. The smallest absolute Gasteiger partial charge is 0.330 e. The van der Waals surface area contributed by atoms with Crippen LogP contribution in [0, 0.1) is 5.92 Å². The molecule has 1 N–H and O–H groups in total. The van der Waals surface area contributed by atoms with Crippen molar-refractivity contribution in [2.75, 3.05) is 11.9 Å². The molecule has 0 aromatic heterocycles. The van der Waals surface area contributed by atoms with Gasteiger partial charge in [0.1, 0.15) is 6.04 Å². The molecule has 1 aliphatic rings. The van der Waals surface area contributed by atoms with Crippen molar-refractivity contribution in [1.82, 2.24) is 4.90 Å². The summed E-state index contributed by atoms with van der Waals surface area (Å²) < 4.78 is 5.20. The van der Waals surface area contributed by atoms with Gasteiger partial charge in [-0.15, -0.1) is 0 Å². The van der Waals surface area contributed by atoms with Crippen LogP contribution in [-0.4, -0.2) is 47.0 Å². The number of nitrogens with zero attached hydrogens (tertiary/aromatic N) is 1. The van der Waals surface area contributed by atoms with Crippen molar-refractivity contribution in [3.8, 4) is 0 Å². The van der Waals surface area contributed by atoms with Crippen LogP contribution in [-0.2, 0) is 14.3 Å². The number of nitrogens with one attached hydrogen (secondary N) is 1. The molecule has 3 amide bonds. The number of Topliss-reactive ketones (excluding diaryl/α,β-unsaturated/α-hetero) is 1. The van der Waals surface area contributed by atoms with Gasteiger partial charge in [0.15, 0.2) is 12.4 Å². The van der Waals surface area contributed by atoms with E-state index >= 15 is 0 Å². The van der Waals surface area contributed by atoms with E-state index in [9.17, 15) is 24.0 Å². The highest BCUT2D eigenvalue weighted by Gasteiger charge is 2.44. The van der Waals surface area contributed by atoms with Gasteiger partial charge in [-0.25, -0.2) is 4.79 Å². The lowest BCUT2D eigenvalue weighted by atomic mass is 10.0. The summed E-state index contributed by atoms with van der Waals surface area (Å²) in [5, 5.41) is 2.68. The van der Waals surface area contributed by atoms with E-state index < -0.39 is 42.1 Å². The van der Waals surface area contributed by atoms with Crippen LogP contribution in [0.2, 0.25) is 0 Å². The maximum absolute atomic E-state index is 12.8. The van der Waals surface area contributed by atoms with Gasteiger partial charge in [-0.1, -0.05) is 32.9 Å². The summed E-state index contributed by atoms with van der Waals surface area (Å²) in [7, 11) is 0. The average molecular weight is 436 g/mol. The Kier molecular flexibility index (Phi) is 6.82. The van der Waals surface area contributed by atoms with Gasteiger partial charge in [-0.3, -0.25) is 24.1 Å². The minimum Gasteiger partial charge on any atom is -0.456 e. The number of hydrogen-bond acceptors (Lipinski definition) is 6. The van der Waals surface area contributed by atoms with Crippen LogP contribution >= 0.6 is 0 Å². The highest BCUT2D eigenvalue weighted by molar-refractivity contribution is 6.22. The average Bonchev–Trinajstić information content (AvgIpc) is 3.03. The Bertz CT molecular complexity index is 1040. The number of anilines is 1. The molecule has 0 spiro atoms. The number of hydrogen-bond donors (Lipinski definition) is 1. The van der Waals surface area contributed by atoms with Gasteiger partial charge >= 0.3 is 5.97 Å². The Balaban J connectivity index is 1.67. The summed E-state index contributed by atoms with van der Waals surface area (Å²) in [5.74, 6) is -2.95. The predicted molar refractivity (Wildman–Crippen MR) is 116 cm³/mol. The first-order valence-corrected chi connectivity index (χ1v) is 10.3. The summed E-state index contributed by atoms with van der Waals surface area (Å²) in [6, 6.07) is 11.4. The normalized spacial score (nSPS) is 13.7. The topological polar surface area (TPSA) is 110 Å². The fraction of sp³-hybridized carbons (Fsp3) is 0.292.